The van der Waals surface area contributed by atoms with Crippen LogP contribution in [0.1, 0.15) is 29.6 Å². The zero-order valence-corrected chi connectivity index (χ0v) is 9.68. The molecule has 2 atom stereocenters. The number of nitrogens with one attached hydrogen (secondary N) is 2. The molecule has 96 valence electrons. The molecule has 2 unspecified atom stereocenters. The number of carbonyl (C=O) groups excluding carboxylic acids is 1. The smallest absolute Gasteiger partial charge is 0.306 e. The maximum atomic E-state index is 11.8. The van der Waals surface area contributed by atoms with Crippen LogP contribution in [0, 0.1) is 5.92 Å². The van der Waals surface area contributed by atoms with Gasteiger partial charge in [0.25, 0.3) is 5.91 Å². The maximum absolute atomic E-state index is 11.8. The predicted molar refractivity (Wildman–Crippen MR) is 63.3 cm³/mol. The molecule has 0 aromatic carbocycles. The molecule has 0 saturated heterocycles. The third-order valence-electron chi connectivity index (χ3n) is 3.16. The number of aromatic amines is 1. The molecule has 3 N–H and O–H groups in total. The minimum absolute atomic E-state index is 0.106. The van der Waals surface area contributed by atoms with E-state index >= 15 is 0 Å². The van der Waals surface area contributed by atoms with E-state index < -0.39 is 5.97 Å². The van der Waals surface area contributed by atoms with Crippen molar-refractivity contribution in [2.75, 3.05) is 0 Å². The molecule has 1 aromatic rings. The number of rotatable bonds is 3. The summed E-state index contributed by atoms with van der Waals surface area (Å²) in [7, 11) is 0. The van der Waals surface area contributed by atoms with Crippen LogP contribution < -0.4 is 10.9 Å². The quantitative estimate of drug-likeness (QED) is 0.721. The van der Waals surface area contributed by atoms with Crippen molar-refractivity contribution in [3.63, 3.8) is 0 Å². The Balaban J connectivity index is 1.94. The zero-order chi connectivity index (χ0) is 13.1. The lowest BCUT2D eigenvalue weighted by Crippen LogP contribution is -2.33. The Hall–Kier alpha value is -2.11. The summed E-state index contributed by atoms with van der Waals surface area (Å²) in [5.41, 5.74) is 0.103. The number of hydrogen-bond donors (Lipinski definition) is 3. The number of pyridine rings is 1. The van der Waals surface area contributed by atoms with Crippen molar-refractivity contribution in [3.05, 3.63) is 34.2 Å². The summed E-state index contributed by atoms with van der Waals surface area (Å²) in [5, 5.41) is 11.6. The van der Waals surface area contributed by atoms with Gasteiger partial charge in [0, 0.05) is 18.3 Å². The van der Waals surface area contributed by atoms with E-state index in [0.29, 0.717) is 24.8 Å². The van der Waals surface area contributed by atoms with Crippen molar-refractivity contribution in [2.24, 2.45) is 5.92 Å². The number of carboxylic acid groups (broad SMARTS) is 1. The second kappa shape index (κ2) is 5.03. The van der Waals surface area contributed by atoms with E-state index in [1.54, 1.807) is 0 Å². The van der Waals surface area contributed by atoms with Gasteiger partial charge in [-0.2, -0.15) is 0 Å². The van der Waals surface area contributed by atoms with E-state index in [2.05, 4.69) is 10.3 Å². The van der Waals surface area contributed by atoms with Crippen molar-refractivity contribution in [1.29, 1.82) is 0 Å². The van der Waals surface area contributed by atoms with Crippen molar-refractivity contribution < 1.29 is 14.7 Å². The molecule has 1 aromatic heterocycles. The summed E-state index contributed by atoms with van der Waals surface area (Å²) in [6, 6.07) is 2.62. The standard InChI is InChI=1S/C12H14N2O4/c15-10-4-2-8(6-13-10)11(16)14-9-3-1-7(5-9)12(17)18/h2,4,6-7,9H,1,3,5H2,(H,13,15)(H,14,16)(H,17,18). The average Bonchev–Trinajstić information content (AvgIpc) is 2.78. The van der Waals surface area contributed by atoms with Crippen molar-refractivity contribution in [1.82, 2.24) is 10.3 Å². The molecule has 1 fully saturated rings. The lowest BCUT2D eigenvalue weighted by molar-refractivity contribution is -0.141. The second-order valence-electron chi connectivity index (χ2n) is 4.46. The number of hydrogen-bond acceptors (Lipinski definition) is 3. The van der Waals surface area contributed by atoms with Gasteiger partial charge < -0.3 is 15.4 Å². The molecule has 6 nitrogen and oxygen atoms in total. The fraction of sp³-hybridized carbons (Fsp3) is 0.417. The van der Waals surface area contributed by atoms with Crippen LogP contribution in [0.3, 0.4) is 0 Å². The lowest BCUT2D eigenvalue weighted by Gasteiger charge is -2.12. The van der Waals surface area contributed by atoms with Gasteiger partial charge in [0.05, 0.1) is 11.5 Å². The number of amides is 1. The molecule has 1 heterocycles. The molecular weight excluding hydrogens is 236 g/mol. The van der Waals surface area contributed by atoms with Crippen LogP contribution in [0.4, 0.5) is 0 Å². The molecule has 0 bridgehead atoms. The summed E-state index contributed by atoms with van der Waals surface area (Å²) >= 11 is 0. The molecule has 0 spiro atoms. The highest BCUT2D eigenvalue weighted by Crippen LogP contribution is 2.25. The van der Waals surface area contributed by atoms with Crippen LogP contribution in [-0.4, -0.2) is 28.0 Å². The normalized spacial score (nSPS) is 22.7. The van der Waals surface area contributed by atoms with Gasteiger partial charge in [0.15, 0.2) is 0 Å². The molecule has 1 amide bonds. The predicted octanol–water partition coefficient (Wildman–Crippen LogP) is 0.358. The van der Waals surface area contributed by atoms with Crippen LogP contribution in [0.15, 0.2) is 23.1 Å². The third-order valence-corrected chi connectivity index (χ3v) is 3.16. The molecule has 1 aliphatic rings. The Kier molecular flexibility index (Phi) is 3.45. The number of aliphatic carboxylic acids is 1. The first-order valence-corrected chi connectivity index (χ1v) is 5.78. The second-order valence-corrected chi connectivity index (χ2v) is 4.46. The maximum Gasteiger partial charge on any atom is 0.306 e. The monoisotopic (exact) mass is 250 g/mol. The molecule has 0 aliphatic heterocycles. The molecule has 6 heteroatoms. The summed E-state index contributed by atoms with van der Waals surface area (Å²) in [6.45, 7) is 0. The molecular formula is C12H14N2O4. The first kappa shape index (κ1) is 12.3. The topological polar surface area (TPSA) is 99.3 Å². The number of aromatic nitrogens is 1. The zero-order valence-electron chi connectivity index (χ0n) is 9.68. The highest BCUT2D eigenvalue weighted by Gasteiger charge is 2.30. The van der Waals surface area contributed by atoms with Gasteiger partial charge >= 0.3 is 5.97 Å². The Morgan fingerprint density at radius 1 is 1.33 bits per heavy atom. The van der Waals surface area contributed by atoms with Crippen LogP contribution in [-0.2, 0) is 4.79 Å². The Morgan fingerprint density at radius 3 is 2.67 bits per heavy atom. The van der Waals surface area contributed by atoms with Crippen LogP contribution in [0.2, 0.25) is 0 Å². The summed E-state index contributed by atoms with van der Waals surface area (Å²) < 4.78 is 0. The van der Waals surface area contributed by atoms with Crippen LogP contribution >= 0.6 is 0 Å². The van der Waals surface area contributed by atoms with Gasteiger partial charge in [-0.3, -0.25) is 14.4 Å². The summed E-state index contributed by atoms with van der Waals surface area (Å²) in [6.07, 6.45) is 3.07. The Bertz CT molecular complexity index is 503. The molecule has 1 saturated carbocycles. The lowest BCUT2D eigenvalue weighted by atomic mass is 10.1. The highest BCUT2D eigenvalue weighted by molar-refractivity contribution is 5.94. The van der Waals surface area contributed by atoms with E-state index in [4.69, 9.17) is 5.11 Å². The summed E-state index contributed by atoms with van der Waals surface area (Å²) in [5.74, 6) is -1.47. The fourth-order valence-electron chi connectivity index (χ4n) is 2.16. The van der Waals surface area contributed by atoms with Crippen LogP contribution in [0.5, 0.6) is 0 Å². The third kappa shape index (κ3) is 2.77. The fourth-order valence-corrected chi connectivity index (χ4v) is 2.16. The van der Waals surface area contributed by atoms with Crippen molar-refractivity contribution in [2.45, 2.75) is 25.3 Å². The van der Waals surface area contributed by atoms with Gasteiger partial charge in [-0.15, -0.1) is 0 Å². The minimum atomic E-state index is -0.809. The van der Waals surface area contributed by atoms with Gasteiger partial charge in [-0.05, 0) is 25.3 Å². The Morgan fingerprint density at radius 2 is 2.11 bits per heavy atom. The summed E-state index contributed by atoms with van der Waals surface area (Å²) in [4.78, 5) is 35.9. The van der Waals surface area contributed by atoms with Gasteiger partial charge in [-0.1, -0.05) is 0 Å². The minimum Gasteiger partial charge on any atom is -0.481 e. The van der Waals surface area contributed by atoms with Crippen LogP contribution in [0.25, 0.3) is 0 Å². The Labute approximate surface area is 103 Å². The molecule has 2 rings (SSSR count). The first-order chi connectivity index (χ1) is 8.56. The van der Waals surface area contributed by atoms with E-state index in [1.807, 2.05) is 0 Å². The number of carboxylic acids is 1. The van der Waals surface area contributed by atoms with Crippen molar-refractivity contribution in [3.8, 4) is 0 Å². The van der Waals surface area contributed by atoms with Crippen molar-refractivity contribution >= 4 is 11.9 Å². The van der Waals surface area contributed by atoms with E-state index in [0.717, 1.165) is 0 Å². The molecule has 1 aliphatic carbocycles. The highest BCUT2D eigenvalue weighted by atomic mass is 16.4. The van der Waals surface area contributed by atoms with E-state index in [1.165, 1.54) is 18.3 Å². The van der Waals surface area contributed by atoms with E-state index in [9.17, 15) is 14.4 Å². The number of carbonyl (C=O) groups is 2. The SMILES string of the molecule is O=C(NC1CCC(C(=O)O)C1)c1ccc(=O)[nH]c1. The molecule has 0 radical (unpaired) electrons. The number of H-pyrrole nitrogens is 1. The van der Waals surface area contributed by atoms with E-state index in [-0.39, 0.29) is 23.4 Å². The average molecular weight is 250 g/mol. The first-order valence-electron chi connectivity index (χ1n) is 5.78. The van der Waals surface area contributed by atoms with Gasteiger partial charge in [-0.25, -0.2) is 0 Å². The van der Waals surface area contributed by atoms with Gasteiger partial charge in [0.2, 0.25) is 5.56 Å². The van der Waals surface area contributed by atoms with Gasteiger partial charge in [0.1, 0.15) is 0 Å². The largest absolute Gasteiger partial charge is 0.481 e. The molecule has 18 heavy (non-hydrogen) atoms.